The fourth-order valence-corrected chi connectivity index (χ4v) is 4.39. The second kappa shape index (κ2) is 9.58. The van der Waals surface area contributed by atoms with Gasteiger partial charge in [0.2, 0.25) is 5.91 Å². The van der Waals surface area contributed by atoms with E-state index in [2.05, 4.69) is 40.5 Å². The molecular formula is C24H30N4OS. The highest BCUT2D eigenvalue weighted by Gasteiger charge is 2.38. The van der Waals surface area contributed by atoms with Crippen molar-refractivity contribution in [1.29, 1.82) is 0 Å². The number of anilines is 2. The number of para-hydroxylation sites is 2. The minimum atomic E-state index is 0.166. The maximum Gasteiger partial charge on any atom is 0.230 e. The zero-order valence-corrected chi connectivity index (χ0v) is 18.1. The second-order valence-electron chi connectivity index (χ2n) is 8.30. The first-order chi connectivity index (χ1) is 14.6. The number of piperidine rings is 1. The number of nitrogens with one attached hydrogen (secondary N) is 1. The zero-order chi connectivity index (χ0) is 20.9. The van der Waals surface area contributed by atoms with Gasteiger partial charge in [-0.1, -0.05) is 42.5 Å². The van der Waals surface area contributed by atoms with Gasteiger partial charge < -0.3 is 20.9 Å². The third-order valence-electron chi connectivity index (χ3n) is 6.07. The predicted molar refractivity (Wildman–Crippen MR) is 127 cm³/mol. The fraction of sp³-hybridized carbons (Fsp3) is 0.417. The van der Waals surface area contributed by atoms with Gasteiger partial charge in [-0.3, -0.25) is 4.79 Å². The first kappa shape index (κ1) is 20.8. The number of carbonyl (C=O) groups excluding carboxylic acids is 1. The highest BCUT2D eigenvalue weighted by molar-refractivity contribution is 7.80. The molecule has 158 valence electrons. The molecule has 0 aromatic heterocycles. The number of nitrogens with two attached hydrogens (primary N) is 1. The number of likely N-dealkylation sites (tertiary alicyclic amines) is 1. The number of hydrogen-bond acceptors (Lipinski definition) is 3. The van der Waals surface area contributed by atoms with Crippen molar-refractivity contribution < 1.29 is 4.79 Å². The van der Waals surface area contributed by atoms with Gasteiger partial charge in [-0.25, -0.2) is 0 Å². The highest BCUT2D eigenvalue weighted by atomic mass is 32.1. The molecule has 1 saturated carbocycles. The van der Waals surface area contributed by atoms with Gasteiger partial charge in [0, 0.05) is 31.6 Å². The van der Waals surface area contributed by atoms with Crippen molar-refractivity contribution in [3.8, 4) is 0 Å². The van der Waals surface area contributed by atoms with Crippen molar-refractivity contribution in [2.24, 2.45) is 11.7 Å². The maximum absolute atomic E-state index is 13.3. The zero-order valence-electron chi connectivity index (χ0n) is 17.3. The SMILES string of the molecule is NC(=S)Nc1ccccc1N(C(=O)C1CC1)C1CCN(CCc2ccccc2)CC1. The molecule has 6 heteroatoms. The summed E-state index contributed by atoms with van der Waals surface area (Å²) >= 11 is 5.05. The van der Waals surface area contributed by atoms with Crippen LogP contribution >= 0.6 is 12.2 Å². The monoisotopic (exact) mass is 422 g/mol. The van der Waals surface area contributed by atoms with Gasteiger partial charge in [0.15, 0.2) is 5.11 Å². The van der Waals surface area contributed by atoms with Gasteiger partial charge in [0.1, 0.15) is 0 Å². The molecule has 2 aliphatic rings. The van der Waals surface area contributed by atoms with E-state index in [1.54, 1.807) is 0 Å². The summed E-state index contributed by atoms with van der Waals surface area (Å²) < 4.78 is 0. The Morgan fingerprint density at radius 3 is 2.37 bits per heavy atom. The van der Waals surface area contributed by atoms with Gasteiger partial charge in [0.05, 0.1) is 11.4 Å². The molecule has 0 unspecified atom stereocenters. The van der Waals surface area contributed by atoms with Gasteiger partial charge >= 0.3 is 0 Å². The average Bonchev–Trinajstić information content (AvgIpc) is 3.60. The minimum absolute atomic E-state index is 0.166. The molecule has 0 spiro atoms. The Balaban J connectivity index is 1.44. The first-order valence-electron chi connectivity index (χ1n) is 10.9. The molecule has 1 amide bonds. The van der Waals surface area contributed by atoms with E-state index in [0.29, 0.717) is 0 Å². The predicted octanol–water partition coefficient (Wildman–Crippen LogP) is 3.79. The van der Waals surface area contributed by atoms with Crippen LogP contribution in [-0.2, 0) is 11.2 Å². The Hall–Kier alpha value is -2.44. The molecule has 2 aromatic rings. The summed E-state index contributed by atoms with van der Waals surface area (Å²) in [6, 6.07) is 18.7. The van der Waals surface area contributed by atoms with Crippen molar-refractivity contribution in [3.63, 3.8) is 0 Å². The highest BCUT2D eigenvalue weighted by Crippen LogP contribution is 2.38. The maximum atomic E-state index is 13.3. The minimum Gasteiger partial charge on any atom is -0.376 e. The second-order valence-corrected chi connectivity index (χ2v) is 8.74. The van der Waals surface area contributed by atoms with Crippen LogP contribution in [0.5, 0.6) is 0 Å². The average molecular weight is 423 g/mol. The van der Waals surface area contributed by atoms with E-state index in [1.807, 2.05) is 29.2 Å². The Morgan fingerprint density at radius 2 is 1.70 bits per heavy atom. The van der Waals surface area contributed by atoms with Crippen LogP contribution < -0.4 is 16.0 Å². The fourth-order valence-electron chi connectivity index (χ4n) is 4.28. The van der Waals surface area contributed by atoms with Gasteiger partial charge in [-0.2, -0.15) is 0 Å². The molecule has 2 aromatic carbocycles. The van der Waals surface area contributed by atoms with Gasteiger partial charge in [-0.15, -0.1) is 0 Å². The van der Waals surface area contributed by atoms with Crippen LogP contribution in [0.4, 0.5) is 11.4 Å². The van der Waals surface area contributed by atoms with Crippen LogP contribution in [-0.4, -0.2) is 41.6 Å². The number of benzene rings is 2. The number of rotatable bonds is 7. The van der Waals surface area contributed by atoms with Crippen molar-refractivity contribution >= 4 is 34.6 Å². The van der Waals surface area contributed by atoms with E-state index in [4.69, 9.17) is 18.0 Å². The molecule has 0 bridgehead atoms. The lowest BCUT2D eigenvalue weighted by molar-refractivity contribution is -0.120. The summed E-state index contributed by atoms with van der Waals surface area (Å²) in [7, 11) is 0. The number of carbonyl (C=O) groups is 1. The molecule has 1 aliphatic carbocycles. The Kier molecular flexibility index (Phi) is 6.65. The van der Waals surface area contributed by atoms with Crippen LogP contribution in [0.1, 0.15) is 31.2 Å². The van der Waals surface area contributed by atoms with Crippen molar-refractivity contribution in [3.05, 3.63) is 60.2 Å². The van der Waals surface area contributed by atoms with Crippen LogP contribution in [0, 0.1) is 5.92 Å². The largest absolute Gasteiger partial charge is 0.376 e. The number of hydrogen-bond donors (Lipinski definition) is 2. The van der Waals surface area contributed by atoms with E-state index < -0.39 is 0 Å². The Labute approximate surface area is 184 Å². The van der Waals surface area contributed by atoms with Crippen LogP contribution in [0.15, 0.2) is 54.6 Å². The summed E-state index contributed by atoms with van der Waals surface area (Å²) in [5, 5.41) is 3.28. The normalized spacial score (nSPS) is 17.5. The molecule has 1 heterocycles. The third kappa shape index (κ3) is 5.18. The quantitative estimate of drug-likeness (QED) is 0.665. The summed E-state index contributed by atoms with van der Waals surface area (Å²) in [6.45, 7) is 3.08. The molecular weight excluding hydrogens is 392 g/mol. The number of amides is 1. The molecule has 5 nitrogen and oxygen atoms in total. The molecule has 0 atom stereocenters. The van der Waals surface area contributed by atoms with Crippen molar-refractivity contribution in [1.82, 2.24) is 4.90 Å². The van der Waals surface area contributed by atoms with Crippen molar-refractivity contribution in [2.75, 3.05) is 29.9 Å². The van der Waals surface area contributed by atoms with Crippen molar-refractivity contribution in [2.45, 2.75) is 38.1 Å². The van der Waals surface area contributed by atoms with Crippen LogP contribution in [0.25, 0.3) is 0 Å². The lowest BCUT2D eigenvalue weighted by Gasteiger charge is -2.39. The van der Waals surface area contributed by atoms with Gasteiger partial charge in [-0.05, 0) is 62.0 Å². The standard InChI is InChI=1S/C24H30N4OS/c25-24(30)26-21-8-4-5-9-22(21)28(23(29)19-10-11-19)20-13-16-27(17-14-20)15-12-18-6-2-1-3-7-18/h1-9,19-20H,10-17H2,(H3,25,26,30). The van der Waals surface area contributed by atoms with Crippen LogP contribution in [0.3, 0.4) is 0 Å². The molecule has 1 aliphatic heterocycles. The lowest BCUT2D eigenvalue weighted by atomic mass is 10.00. The summed E-state index contributed by atoms with van der Waals surface area (Å²) in [5.41, 5.74) is 8.81. The molecule has 1 saturated heterocycles. The molecule has 0 radical (unpaired) electrons. The summed E-state index contributed by atoms with van der Waals surface area (Å²) in [5.74, 6) is 0.411. The lowest BCUT2D eigenvalue weighted by Crippen LogP contribution is -2.48. The summed E-state index contributed by atoms with van der Waals surface area (Å²) in [4.78, 5) is 17.8. The van der Waals surface area contributed by atoms with E-state index in [9.17, 15) is 4.79 Å². The smallest absolute Gasteiger partial charge is 0.230 e. The molecule has 3 N–H and O–H groups in total. The van der Waals surface area contributed by atoms with E-state index in [1.165, 1.54) is 5.56 Å². The Morgan fingerprint density at radius 1 is 1.03 bits per heavy atom. The first-order valence-corrected chi connectivity index (χ1v) is 11.3. The van der Waals surface area contributed by atoms with Crippen LogP contribution in [0.2, 0.25) is 0 Å². The van der Waals surface area contributed by atoms with E-state index in [-0.39, 0.29) is 23.0 Å². The number of thiocarbonyl (C=S) groups is 1. The molecule has 2 fully saturated rings. The topological polar surface area (TPSA) is 61.6 Å². The summed E-state index contributed by atoms with van der Waals surface area (Å²) in [6.07, 6.45) is 5.02. The molecule has 4 rings (SSSR count). The van der Waals surface area contributed by atoms with E-state index >= 15 is 0 Å². The molecule has 30 heavy (non-hydrogen) atoms. The third-order valence-corrected chi connectivity index (χ3v) is 6.17. The van der Waals surface area contributed by atoms with Gasteiger partial charge in [0.25, 0.3) is 0 Å². The Bertz CT molecular complexity index is 876. The van der Waals surface area contributed by atoms with E-state index in [0.717, 1.165) is 63.1 Å². The number of nitrogens with zero attached hydrogens (tertiary/aromatic N) is 2.